The molecule has 0 bridgehead atoms. The molecular weight excluding hydrogens is 415 g/mol. The second kappa shape index (κ2) is 9.53. The number of rotatable bonds is 7. The van der Waals surface area contributed by atoms with Gasteiger partial charge in [0.1, 0.15) is 5.82 Å². The maximum Gasteiger partial charge on any atom is 0.254 e. The summed E-state index contributed by atoms with van der Waals surface area (Å²) >= 11 is 5.94. The van der Waals surface area contributed by atoms with Crippen molar-refractivity contribution in [2.45, 2.75) is 19.6 Å². The fraction of sp³-hybridized carbons (Fsp3) is 0.125. The summed E-state index contributed by atoms with van der Waals surface area (Å²) in [4.78, 5) is 19.2. The van der Waals surface area contributed by atoms with Crippen LogP contribution < -0.4 is 0 Å². The Morgan fingerprint density at radius 1 is 0.968 bits per heavy atom. The quantitative estimate of drug-likeness (QED) is 0.413. The van der Waals surface area contributed by atoms with E-state index < -0.39 is 0 Å². The summed E-state index contributed by atoms with van der Waals surface area (Å²) < 4.78 is 15.4. The molecule has 0 fully saturated rings. The molecule has 156 valence electrons. The Morgan fingerprint density at radius 2 is 1.74 bits per heavy atom. The molecule has 0 radical (unpaired) electrons. The van der Waals surface area contributed by atoms with E-state index in [0.717, 1.165) is 16.7 Å². The average molecular weight is 435 g/mol. The monoisotopic (exact) mass is 434 g/mol. The minimum atomic E-state index is -0.328. The van der Waals surface area contributed by atoms with Gasteiger partial charge in [-0.2, -0.15) is 5.10 Å². The third-order valence-electron chi connectivity index (χ3n) is 4.77. The maximum atomic E-state index is 13.7. The zero-order valence-electron chi connectivity index (χ0n) is 16.7. The summed E-state index contributed by atoms with van der Waals surface area (Å²) in [7, 11) is 0. The Hall–Kier alpha value is -3.51. The van der Waals surface area contributed by atoms with Crippen molar-refractivity contribution in [3.8, 4) is 0 Å². The van der Waals surface area contributed by atoms with Crippen molar-refractivity contribution in [2.75, 3.05) is 0 Å². The number of halogens is 2. The number of hydrogen-bond donors (Lipinski definition) is 0. The second-order valence-corrected chi connectivity index (χ2v) is 7.65. The highest BCUT2D eigenvalue weighted by molar-refractivity contribution is 6.30. The van der Waals surface area contributed by atoms with Gasteiger partial charge in [0.05, 0.1) is 17.8 Å². The van der Waals surface area contributed by atoms with Gasteiger partial charge in [0.25, 0.3) is 5.91 Å². The van der Waals surface area contributed by atoms with Gasteiger partial charge < -0.3 is 4.90 Å². The topological polar surface area (TPSA) is 51.0 Å². The molecule has 2 aromatic heterocycles. The van der Waals surface area contributed by atoms with E-state index >= 15 is 0 Å². The van der Waals surface area contributed by atoms with E-state index in [1.165, 1.54) is 12.1 Å². The molecule has 7 heteroatoms. The summed E-state index contributed by atoms with van der Waals surface area (Å²) in [6.45, 7) is 1.15. The molecule has 0 unspecified atom stereocenters. The molecule has 31 heavy (non-hydrogen) atoms. The van der Waals surface area contributed by atoms with E-state index in [2.05, 4.69) is 10.1 Å². The lowest BCUT2D eigenvalue weighted by Crippen LogP contribution is -2.30. The molecule has 0 saturated carbocycles. The van der Waals surface area contributed by atoms with Gasteiger partial charge in [-0.05, 0) is 47.0 Å². The molecule has 0 N–H and O–H groups in total. The first-order valence-electron chi connectivity index (χ1n) is 9.76. The number of carbonyl (C=O) groups is 1. The van der Waals surface area contributed by atoms with Crippen LogP contribution in [-0.4, -0.2) is 25.6 Å². The van der Waals surface area contributed by atoms with Gasteiger partial charge in [-0.1, -0.05) is 41.9 Å². The van der Waals surface area contributed by atoms with Gasteiger partial charge in [-0.25, -0.2) is 4.39 Å². The lowest BCUT2D eigenvalue weighted by molar-refractivity contribution is 0.0729. The lowest BCUT2D eigenvalue weighted by Gasteiger charge is -2.23. The van der Waals surface area contributed by atoms with Gasteiger partial charge in [0.2, 0.25) is 0 Å². The molecule has 0 atom stereocenters. The van der Waals surface area contributed by atoms with E-state index in [-0.39, 0.29) is 18.3 Å². The van der Waals surface area contributed by atoms with Crippen LogP contribution >= 0.6 is 11.6 Å². The second-order valence-electron chi connectivity index (χ2n) is 7.21. The number of carbonyl (C=O) groups excluding carboxylic acids is 1. The van der Waals surface area contributed by atoms with Crippen molar-refractivity contribution in [1.82, 2.24) is 19.7 Å². The fourth-order valence-electron chi connectivity index (χ4n) is 3.36. The van der Waals surface area contributed by atoms with Crippen LogP contribution in [0.1, 0.15) is 27.0 Å². The van der Waals surface area contributed by atoms with Crippen molar-refractivity contribution >= 4 is 17.5 Å². The first-order chi connectivity index (χ1) is 15.1. The Labute approximate surface area is 184 Å². The molecule has 1 amide bonds. The number of hydrogen-bond acceptors (Lipinski definition) is 3. The van der Waals surface area contributed by atoms with E-state index in [9.17, 15) is 9.18 Å². The molecule has 0 aliphatic heterocycles. The SMILES string of the molecule is O=C(c1cccc(Cn2cc(Cl)cn2)c1)N(Cc1cccnc1)Cc1cccc(F)c1. The predicted molar refractivity (Wildman–Crippen MR) is 117 cm³/mol. The van der Waals surface area contributed by atoms with Gasteiger partial charge in [0, 0.05) is 37.2 Å². The Morgan fingerprint density at radius 3 is 2.48 bits per heavy atom. The minimum Gasteiger partial charge on any atom is -0.330 e. The third-order valence-corrected chi connectivity index (χ3v) is 4.96. The van der Waals surface area contributed by atoms with Crippen molar-refractivity contribution in [3.63, 3.8) is 0 Å². The Balaban J connectivity index is 1.59. The third kappa shape index (κ3) is 5.55. The van der Waals surface area contributed by atoms with E-state index in [1.807, 2.05) is 36.4 Å². The van der Waals surface area contributed by atoms with Crippen LogP contribution in [0.4, 0.5) is 4.39 Å². The number of benzene rings is 2. The zero-order chi connectivity index (χ0) is 21.6. The van der Waals surface area contributed by atoms with E-state index in [1.54, 1.807) is 46.5 Å². The summed E-state index contributed by atoms with van der Waals surface area (Å²) in [5.41, 5.74) is 3.10. The van der Waals surface area contributed by atoms with Crippen LogP contribution in [0, 0.1) is 5.82 Å². The van der Waals surface area contributed by atoms with Crippen molar-refractivity contribution in [3.05, 3.63) is 119 Å². The molecule has 4 aromatic rings. The maximum absolute atomic E-state index is 13.7. The number of amides is 1. The molecule has 5 nitrogen and oxygen atoms in total. The molecule has 0 aliphatic rings. The number of pyridine rings is 1. The number of nitrogens with zero attached hydrogens (tertiary/aromatic N) is 4. The molecule has 2 heterocycles. The lowest BCUT2D eigenvalue weighted by atomic mass is 10.1. The van der Waals surface area contributed by atoms with Crippen molar-refractivity contribution < 1.29 is 9.18 Å². The first kappa shape index (κ1) is 20.8. The van der Waals surface area contributed by atoms with Gasteiger partial charge in [-0.15, -0.1) is 0 Å². The smallest absolute Gasteiger partial charge is 0.254 e. The fourth-order valence-corrected chi connectivity index (χ4v) is 3.52. The molecule has 2 aromatic carbocycles. The predicted octanol–water partition coefficient (Wildman–Crippen LogP) is 4.96. The van der Waals surface area contributed by atoms with Crippen LogP contribution in [0.2, 0.25) is 5.02 Å². The summed E-state index contributed by atoms with van der Waals surface area (Å²) in [5, 5.41) is 4.75. The summed E-state index contributed by atoms with van der Waals surface area (Å²) in [5.74, 6) is -0.473. The Bertz CT molecular complexity index is 1180. The summed E-state index contributed by atoms with van der Waals surface area (Å²) in [6.07, 6.45) is 6.72. The molecule has 0 aliphatic carbocycles. The van der Waals surface area contributed by atoms with Gasteiger partial charge >= 0.3 is 0 Å². The largest absolute Gasteiger partial charge is 0.330 e. The highest BCUT2D eigenvalue weighted by Crippen LogP contribution is 2.17. The van der Waals surface area contributed by atoms with Crippen LogP contribution in [0.25, 0.3) is 0 Å². The summed E-state index contributed by atoms with van der Waals surface area (Å²) in [6, 6.07) is 17.4. The molecule has 0 spiro atoms. The van der Waals surface area contributed by atoms with Crippen LogP contribution in [-0.2, 0) is 19.6 Å². The van der Waals surface area contributed by atoms with Gasteiger partial charge in [0.15, 0.2) is 0 Å². The molecule has 0 saturated heterocycles. The highest BCUT2D eigenvalue weighted by atomic mass is 35.5. The zero-order valence-corrected chi connectivity index (χ0v) is 17.4. The van der Waals surface area contributed by atoms with Crippen molar-refractivity contribution in [1.29, 1.82) is 0 Å². The molecule has 4 rings (SSSR count). The van der Waals surface area contributed by atoms with Crippen LogP contribution in [0.15, 0.2) is 85.5 Å². The Kier molecular flexibility index (Phi) is 6.38. The highest BCUT2D eigenvalue weighted by Gasteiger charge is 2.18. The molecular formula is C24H20ClFN4O. The number of aromatic nitrogens is 3. The van der Waals surface area contributed by atoms with Crippen LogP contribution in [0.5, 0.6) is 0 Å². The van der Waals surface area contributed by atoms with E-state index in [0.29, 0.717) is 23.7 Å². The normalized spacial score (nSPS) is 10.8. The first-order valence-corrected chi connectivity index (χ1v) is 10.1. The minimum absolute atomic E-state index is 0.145. The van der Waals surface area contributed by atoms with Crippen LogP contribution in [0.3, 0.4) is 0 Å². The van der Waals surface area contributed by atoms with Crippen molar-refractivity contribution in [2.24, 2.45) is 0 Å². The standard InChI is InChI=1S/C24H20ClFN4O/c25-22-13-28-30(17-22)16-18-4-1-7-21(10-18)24(31)29(15-20-6-3-9-27-12-20)14-19-5-2-8-23(26)11-19/h1-13,17H,14-16H2. The van der Waals surface area contributed by atoms with E-state index in [4.69, 9.17) is 11.6 Å². The average Bonchev–Trinajstić information content (AvgIpc) is 3.18. The van der Waals surface area contributed by atoms with Gasteiger partial charge in [-0.3, -0.25) is 14.5 Å².